The lowest BCUT2D eigenvalue weighted by atomic mass is 10.2. The standard InChI is InChI=1S/C8H6O5P2/c9-14-11-8(12-15(10)13-14)6-7-4-2-1-3-5-7/h1-6H/q+2. The molecule has 7 heteroatoms. The fraction of sp³-hybridized carbons (Fsp3) is 0. The van der Waals surface area contributed by atoms with E-state index in [2.05, 4.69) is 4.31 Å². The molecule has 15 heavy (non-hydrogen) atoms. The first-order valence-corrected chi connectivity index (χ1v) is 6.18. The molecule has 5 nitrogen and oxygen atoms in total. The molecular formula is C8H6O5P2+2. The molecule has 1 aliphatic heterocycles. The van der Waals surface area contributed by atoms with Crippen molar-refractivity contribution in [1.29, 1.82) is 0 Å². The van der Waals surface area contributed by atoms with Crippen molar-refractivity contribution in [2.75, 3.05) is 0 Å². The van der Waals surface area contributed by atoms with Crippen LogP contribution in [-0.2, 0) is 22.5 Å². The van der Waals surface area contributed by atoms with Crippen LogP contribution in [-0.4, -0.2) is 0 Å². The fourth-order valence-corrected chi connectivity index (χ4v) is 2.22. The Morgan fingerprint density at radius 1 is 1.00 bits per heavy atom. The zero-order valence-corrected chi connectivity index (χ0v) is 9.19. The molecule has 2 atom stereocenters. The predicted octanol–water partition coefficient (Wildman–Crippen LogP) is 3.36. The molecule has 1 aromatic rings. The molecule has 0 saturated carbocycles. The third-order valence-corrected chi connectivity index (χ3v) is 3.27. The summed E-state index contributed by atoms with van der Waals surface area (Å²) in [5, 5.41) is 0. The van der Waals surface area contributed by atoms with Gasteiger partial charge in [-0.05, 0) is 5.56 Å². The normalized spacial score (nSPS) is 20.4. The van der Waals surface area contributed by atoms with Gasteiger partial charge in [-0.2, -0.15) is 9.05 Å². The first-order chi connectivity index (χ1) is 7.24. The maximum Gasteiger partial charge on any atom is 0.804 e. The molecule has 2 unspecified atom stereocenters. The van der Waals surface area contributed by atoms with Crippen LogP contribution >= 0.6 is 16.5 Å². The maximum atomic E-state index is 10.9. The molecule has 76 valence electrons. The van der Waals surface area contributed by atoms with Crippen LogP contribution in [0.25, 0.3) is 6.08 Å². The molecule has 0 N–H and O–H groups in total. The lowest BCUT2D eigenvalue weighted by Gasteiger charge is -1.94. The first kappa shape index (κ1) is 10.2. The lowest BCUT2D eigenvalue weighted by Crippen LogP contribution is -1.93. The van der Waals surface area contributed by atoms with E-state index in [9.17, 15) is 9.13 Å². The van der Waals surface area contributed by atoms with Crippen LogP contribution in [0.1, 0.15) is 5.56 Å². The maximum absolute atomic E-state index is 10.9. The highest BCUT2D eigenvalue weighted by molar-refractivity contribution is 7.48. The first-order valence-electron chi connectivity index (χ1n) is 3.99. The summed E-state index contributed by atoms with van der Waals surface area (Å²) in [4.78, 5) is 0. The Kier molecular flexibility index (Phi) is 3.07. The van der Waals surface area contributed by atoms with Crippen LogP contribution < -0.4 is 0 Å². The lowest BCUT2D eigenvalue weighted by molar-refractivity contribution is 0.181. The molecule has 1 aliphatic rings. The molecule has 0 amide bonds. The second-order valence-electron chi connectivity index (χ2n) is 2.59. The number of rotatable bonds is 1. The Labute approximate surface area is 87.6 Å². The van der Waals surface area contributed by atoms with E-state index >= 15 is 0 Å². The minimum Gasteiger partial charge on any atom is -0.181 e. The molecule has 0 bridgehead atoms. The van der Waals surface area contributed by atoms with E-state index in [-0.39, 0.29) is 5.95 Å². The summed E-state index contributed by atoms with van der Waals surface area (Å²) in [6.07, 6.45) is 1.49. The molecule has 1 aromatic carbocycles. The monoisotopic (exact) mass is 244 g/mol. The average molecular weight is 244 g/mol. The van der Waals surface area contributed by atoms with Gasteiger partial charge < -0.3 is 0 Å². The summed E-state index contributed by atoms with van der Waals surface area (Å²) in [5.41, 5.74) is 0.793. The van der Waals surface area contributed by atoms with Gasteiger partial charge in [-0.1, -0.05) is 30.3 Å². The van der Waals surface area contributed by atoms with E-state index in [0.717, 1.165) is 5.56 Å². The quantitative estimate of drug-likeness (QED) is 0.708. The van der Waals surface area contributed by atoms with Gasteiger partial charge in [-0.25, -0.2) is 0 Å². The van der Waals surface area contributed by atoms with Gasteiger partial charge in [0.25, 0.3) is 0 Å². The Morgan fingerprint density at radius 3 is 2.20 bits per heavy atom. The van der Waals surface area contributed by atoms with E-state index < -0.39 is 16.5 Å². The molecule has 0 aromatic heterocycles. The number of hydrogen-bond donors (Lipinski definition) is 0. The van der Waals surface area contributed by atoms with Crippen molar-refractivity contribution in [1.82, 2.24) is 0 Å². The zero-order chi connectivity index (χ0) is 10.7. The summed E-state index contributed by atoms with van der Waals surface area (Å²) >= 11 is 0. The Morgan fingerprint density at radius 2 is 1.60 bits per heavy atom. The van der Waals surface area contributed by atoms with E-state index in [1.54, 1.807) is 12.1 Å². The van der Waals surface area contributed by atoms with Crippen molar-refractivity contribution in [3.8, 4) is 0 Å². The third-order valence-electron chi connectivity index (χ3n) is 1.55. The summed E-state index contributed by atoms with van der Waals surface area (Å²) in [6, 6.07) is 9.11. The van der Waals surface area contributed by atoms with E-state index in [1.165, 1.54) is 6.08 Å². The largest absolute Gasteiger partial charge is 0.804 e. The SMILES string of the molecule is O=[P+]1OC(=Cc2ccccc2)O[P+](=O)O1. The van der Waals surface area contributed by atoms with Crippen molar-refractivity contribution in [3.05, 3.63) is 41.8 Å². The van der Waals surface area contributed by atoms with Crippen molar-refractivity contribution in [3.63, 3.8) is 0 Å². The Balaban J connectivity index is 2.20. The fourth-order valence-electron chi connectivity index (χ4n) is 0.989. The molecule has 2 rings (SSSR count). The van der Waals surface area contributed by atoms with Crippen LogP contribution in [0.2, 0.25) is 0 Å². The van der Waals surface area contributed by atoms with Gasteiger partial charge in [-0.3, -0.25) is 0 Å². The molecule has 0 aliphatic carbocycles. The van der Waals surface area contributed by atoms with Crippen molar-refractivity contribution in [2.24, 2.45) is 0 Å². The second-order valence-corrected chi connectivity index (χ2v) is 4.50. The average Bonchev–Trinajstić information content (AvgIpc) is 2.17. The molecule has 1 fully saturated rings. The van der Waals surface area contributed by atoms with Gasteiger partial charge in [0.05, 0.1) is 0 Å². The van der Waals surface area contributed by atoms with E-state index in [1.807, 2.05) is 18.2 Å². The highest BCUT2D eigenvalue weighted by Crippen LogP contribution is 2.49. The van der Waals surface area contributed by atoms with Gasteiger partial charge in [-0.15, -0.1) is 0 Å². The van der Waals surface area contributed by atoms with Gasteiger partial charge in [0.1, 0.15) is 0 Å². The van der Waals surface area contributed by atoms with Crippen LogP contribution in [0.4, 0.5) is 0 Å². The zero-order valence-electron chi connectivity index (χ0n) is 7.40. The highest BCUT2D eigenvalue weighted by atomic mass is 31.2. The van der Waals surface area contributed by atoms with E-state index in [4.69, 9.17) is 9.05 Å². The molecule has 0 spiro atoms. The van der Waals surface area contributed by atoms with Crippen molar-refractivity contribution in [2.45, 2.75) is 0 Å². The van der Waals surface area contributed by atoms with Gasteiger partial charge in [0.15, 0.2) is 4.31 Å². The minimum absolute atomic E-state index is 0.0605. The van der Waals surface area contributed by atoms with Crippen molar-refractivity contribution < 1.29 is 22.5 Å². The summed E-state index contributed by atoms with van der Waals surface area (Å²) in [6.45, 7) is 0. The molecule has 0 radical (unpaired) electrons. The van der Waals surface area contributed by atoms with Crippen molar-refractivity contribution >= 4 is 22.6 Å². The van der Waals surface area contributed by atoms with E-state index in [0.29, 0.717) is 0 Å². The van der Waals surface area contributed by atoms with Gasteiger partial charge in [0, 0.05) is 15.2 Å². The Bertz CT molecular complexity index is 410. The van der Waals surface area contributed by atoms with Crippen LogP contribution in [0.3, 0.4) is 0 Å². The predicted molar refractivity (Wildman–Crippen MR) is 52.9 cm³/mol. The highest BCUT2D eigenvalue weighted by Gasteiger charge is 2.51. The minimum atomic E-state index is -2.39. The van der Waals surface area contributed by atoms with Gasteiger partial charge in [0.2, 0.25) is 0 Å². The second kappa shape index (κ2) is 4.49. The summed E-state index contributed by atoms with van der Waals surface area (Å²) < 4.78 is 35.4. The number of benzene rings is 1. The third kappa shape index (κ3) is 2.83. The Hall–Kier alpha value is -1.28. The van der Waals surface area contributed by atoms with Crippen LogP contribution in [0.5, 0.6) is 0 Å². The molecule has 1 saturated heterocycles. The topological polar surface area (TPSA) is 61.8 Å². The van der Waals surface area contributed by atoms with Crippen LogP contribution in [0, 0.1) is 0 Å². The number of hydrogen-bond acceptors (Lipinski definition) is 5. The smallest absolute Gasteiger partial charge is 0.181 e. The summed E-state index contributed by atoms with van der Waals surface area (Å²) in [5.74, 6) is -0.0605. The summed E-state index contributed by atoms with van der Waals surface area (Å²) in [7, 11) is -4.79. The molecule has 1 heterocycles. The van der Waals surface area contributed by atoms with Gasteiger partial charge >= 0.3 is 22.5 Å². The molecular weight excluding hydrogens is 238 g/mol. The van der Waals surface area contributed by atoms with Crippen LogP contribution in [0.15, 0.2) is 36.3 Å².